The maximum Gasteiger partial charge on any atom is 0.267 e. The zero-order valence-electron chi connectivity index (χ0n) is 12.8. The topological polar surface area (TPSA) is 105 Å². The van der Waals surface area contributed by atoms with Gasteiger partial charge in [-0.05, 0) is 45.0 Å². The van der Waals surface area contributed by atoms with Crippen molar-refractivity contribution in [2.45, 2.75) is 25.7 Å². The molecule has 0 unspecified atom stereocenters. The first-order valence-electron chi connectivity index (χ1n) is 6.87. The van der Waals surface area contributed by atoms with Gasteiger partial charge >= 0.3 is 0 Å². The molecule has 0 saturated carbocycles. The van der Waals surface area contributed by atoms with E-state index in [0.717, 1.165) is 5.39 Å². The number of fused-ring (bicyclic) bond motifs is 1. The molecule has 2 heterocycles. The quantitative estimate of drug-likeness (QED) is 0.765. The molecule has 0 saturated heterocycles. The van der Waals surface area contributed by atoms with Gasteiger partial charge in [-0.25, -0.2) is 8.42 Å². The van der Waals surface area contributed by atoms with Crippen LogP contribution in [-0.2, 0) is 10.0 Å². The standard InChI is InChI=1S/C15H15N3O4S/c1-8-6-11-7-12(4-5-13(11)16-15(8)19)18-23(20,21)14-9(2)17-22-10(14)3/h4-7,18H,1-3H3,(H,16,19). The maximum absolute atomic E-state index is 12.5. The molecule has 0 spiro atoms. The molecule has 3 rings (SSSR count). The minimum Gasteiger partial charge on any atom is -0.360 e. The third-order valence-electron chi connectivity index (χ3n) is 3.52. The molecule has 3 aromatic rings. The van der Waals surface area contributed by atoms with E-state index in [1.165, 1.54) is 0 Å². The van der Waals surface area contributed by atoms with Crippen molar-refractivity contribution < 1.29 is 12.9 Å². The average molecular weight is 333 g/mol. The Morgan fingerprint density at radius 2 is 1.91 bits per heavy atom. The largest absolute Gasteiger partial charge is 0.360 e. The SMILES string of the molecule is Cc1noc(C)c1S(=O)(=O)Nc1ccc2[nH]c(=O)c(C)cc2c1. The molecule has 0 fully saturated rings. The van der Waals surface area contributed by atoms with Crippen molar-refractivity contribution in [3.8, 4) is 0 Å². The van der Waals surface area contributed by atoms with Crippen molar-refractivity contribution in [1.29, 1.82) is 0 Å². The highest BCUT2D eigenvalue weighted by molar-refractivity contribution is 7.92. The minimum absolute atomic E-state index is 0.0373. The number of H-pyrrole nitrogens is 1. The minimum atomic E-state index is -3.80. The summed E-state index contributed by atoms with van der Waals surface area (Å²) in [4.78, 5) is 14.4. The monoisotopic (exact) mass is 333 g/mol. The van der Waals surface area contributed by atoms with Gasteiger partial charge in [0, 0.05) is 22.2 Å². The number of sulfonamides is 1. The Bertz CT molecular complexity index is 1040. The number of aryl methyl sites for hydroxylation is 3. The average Bonchev–Trinajstić information content (AvgIpc) is 2.80. The van der Waals surface area contributed by atoms with E-state index in [2.05, 4.69) is 14.9 Å². The third-order valence-corrected chi connectivity index (χ3v) is 5.14. The Morgan fingerprint density at radius 3 is 2.57 bits per heavy atom. The second kappa shape index (κ2) is 5.24. The Hall–Kier alpha value is -2.61. The number of pyridine rings is 1. The summed E-state index contributed by atoms with van der Waals surface area (Å²) in [5.74, 6) is 0.232. The lowest BCUT2D eigenvalue weighted by Crippen LogP contribution is -2.14. The van der Waals surface area contributed by atoms with Crippen LogP contribution < -0.4 is 10.3 Å². The van der Waals surface area contributed by atoms with Crippen molar-refractivity contribution in [3.63, 3.8) is 0 Å². The number of nitrogens with one attached hydrogen (secondary N) is 2. The number of rotatable bonds is 3. The van der Waals surface area contributed by atoms with E-state index in [-0.39, 0.29) is 16.2 Å². The molecule has 23 heavy (non-hydrogen) atoms. The van der Waals surface area contributed by atoms with Gasteiger partial charge in [0.25, 0.3) is 15.6 Å². The summed E-state index contributed by atoms with van der Waals surface area (Å²) in [5, 5.41) is 4.40. The molecule has 120 valence electrons. The van der Waals surface area contributed by atoms with Crippen LogP contribution in [-0.4, -0.2) is 18.6 Å². The van der Waals surface area contributed by atoms with Gasteiger partial charge in [0.05, 0.1) is 0 Å². The normalized spacial score (nSPS) is 11.8. The molecular weight excluding hydrogens is 318 g/mol. The molecule has 0 atom stereocenters. The van der Waals surface area contributed by atoms with Gasteiger partial charge in [0.2, 0.25) is 0 Å². The highest BCUT2D eigenvalue weighted by Crippen LogP contribution is 2.24. The number of aromatic nitrogens is 2. The summed E-state index contributed by atoms with van der Waals surface area (Å²) >= 11 is 0. The van der Waals surface area contributed by atoms with Crippen LogP contribution >= 0.6 is 0 Å². The molecule has 1 aromatic carbocycles. The van der Waals surface area contributed by atoms with Crippen molar-refractivity contribution in [1.82, 2.24) is 10.1 Å². The molecule has 2 aromatic heterocycles. The van der Waals surface area contributed by atoms with Crippen LogP contribution in [0.25, 0.3) is 10.9 Å². The van der Waals surface area contributed by atoms with Gasteiger partial charge in [0.1, 0.15) is 5.69 Å². The molecular formula is C15H15N3O4S. The van der Waals surface area contributed by atoms with E-state index >= 15 is 0 Å². The Balaban J connectivity index is 2.04. The maximum atomic E-state index is 12.5. The van der Waals surface area contributed by atoms with Crippen LogP contribution in [0.3, 0.4) is 0 Å². The van der Waals surface area contributed by atoms with Crippen LogP contribution in [0, 0.1) is 20.8 Å². The van der Waals surface area contributed by atoms with Crippen LogP contribution in [0.1, 0.15) is 17.0 Å². The van der Waals surface area contributed by atoms with E-state index in [4.69, 9.17) is 4.52 Å². The fraction of sp³-hybridized carbons (Fsp3) is 0.200. The van der Waals surface area contributed by atoms with E-state index in [1.54, 1.807) is 45.0 Å². The summed E-state index contributed by atoms with van der Waals surface area (Å²) in [6.45, 7) is 4.81. The van der Waals surface area contributed by atoms with Gasteiger partial charge in [0.15, 0.2) is 10.7 Å². The second-order valence-corrected chi connectivity index (χ2v) is 6.96. The fourth-order valence-corrected chi connectivity index (χ4v) is 3.82. The summed E-state index contributed by atoms with van der Waals surface area (Å²) in [5.41, 5.74) is 1.73. The number of aromatic amines is 1. The van der Waals surface area contributed by atoms with Crippen molar-refractivity contribution in [2.75, 3.05) is 4.72 Å². The lowest BCUT2D eigenvalue weighted by molar-refractivity contribution is 0.390. The van der Waals surface area contributed by atoms with Gasteiger partial charge in [-0.2, -0.15) is 0 Å². The fourth-order valence-electron chi connectivity index (χ4n) is 2.44. The predicted octanol–water partition coefficient (Wildman–Crippen LogP) is 2.24. The summed E-state index contributed by atoms with van der Waals surface area (Å²) in [6, 6.07) is 6.61. The van der Waals surface area contributed by atoms with E-state index in [1.807, 2.05) is 0 Å². The molecule has 8 heteroatoms. The Morgan fingerprint density at radius 1 is 1.17 bits per heavy atom. The first kappa shape index (κ1) is 15.3. The van der Waals surface area contributed by atoms with Gasteiger partial charge in [-0.3, -0.25) is 9.52 Å². The molecule has 0 aliphatic carbocycles. The number of benzene rings is 1. The lowest BCUT2D eigenvalue weighted by Gasteiger charge is -2.09. The van der Waals surface area contributed by atoms with E-state index < -0.39 is 10.0 Å². The smallest absolute Gasteiger partial charge is 0.267 e. The number of anilines is 1. The molecule has 0 bridgehead atoms. The summed E-state index contributed by atoms with van der Waals surface area (Å²) in [6.07, 6.45) is 0. The van der Waals surface area contributed by atoms with Crippen molar-refractivity contribution in [2.24, 2.45) is 0 Å². The van der Waals surface area contributed by atoms with Gasteiger partial charge < -0.3 is 9.51 Å². The number of hydrogen-bond donors (Lipinski definition) is 2. The van der Waals surface area contributed by atoms with Gasteiger partial charge in [-0.1, -0.05) is 5.16 Å². The Labute approximate surface area is 132 Å². The number of nitrogens with zero attached hydrogens (tertiary/aromatic N) is 1. The summed E-state index contributed by atoms with van der Waals surface area (Å²) in [7, 11) is -3.80. The van der Waals surface area contributed by atoms with Crippen LogP contribution in [0.2, 0.25) is 0 Å². The Kier molecular flexibility index (Phi) is 3.48. The molecule has 0 radical (unpaired) electrons. The number of hydrogen-bond acceptors (Lipinski definition) is 5. The van der Waals surface area contributed by atoms with E-state index in [9.17, 15) is 13.2 Å². The van der Waals surface area contributed by atoms with Crippen LogP contribution in [0.15, 0.2) is 38.5 Å². The molecule has 2 N–H and O–H groups in total. The first-order chi connectivity index (χ1) is 10.8. The predicted molar refractivity (Wildman–Crippen MR) is 86.1 cm³/mol. The highest BCUT2D eigenvalue weighted by atomic mass is 32.2. The van der Waals surface area contributed by atoms with E-state index in [0.29, 0.717) is 22.5 Å². The highest BCUT2D eigenvalue weighted by Gasteiger charge is 2.24. The second-order valence-electron chi connectivity index (χ2n) is 5.34. The van der Waals surface area contributed by atoms with Crippen LogP contribution in [0.4, 0.5) is 5.69 Å². The molecule has 0 aliphatic heterocycles. The summed E-state index contributed by atoms with van der Waals surface area (Å²) < 4.78 is 32.4. The molecule has 0 aliphatic rings. The third kappa shape index (κ3) is 2.72. The zero-order valence-corrected chi connectivity index (χ0v) is 13.6. The van der Waals surface area contributed by atoms with Crippen molar-refractivity contribution in [3.05, 3.63) is 51.6 Å². The molecule has 0 amide bonds. The van der Waals surface area contributed by atoms with Crippen molar-refractivity contribution >= 4 is 26.6 Å². The first-order valence-corrected chi connectivity index (χ1v) is 8.35. The lowest BCUT2D eigenvalue weighted by atomic mass is 10.1. The van der Waals surface area contributed by atoms with Gasteiger partial charge in [-0.15, -0.1) is 0 Å². The zero-order chi connectivity index (χ0) is 16.8. The molecule has 7 nitrogen and oxygen atoms in total. The van der Waals surface area contributed by atoms with Crippen LogP contribution in [0.5, 0.6) is 0 Å².